The van der Waals surface area contributed by atoms with Crippen molar-refractivity contribution < 1.29 is 0 Å². The highest BCUT2D eigenvalue weighted by atomic mass is 15.0. The molecule has 0 atom stereocenters. The van der Waals surface area contributed by atoms with Crippen molar-refractivity contribution in [3.63, 3.8) is 0 Å². The van der Waals surface area contributed by atoms with Crippen LogP contribution in [0.2, 0.25) is 0 Å². The highest BCUT2D eigenvalue weighted by Gasteiger charge is 1.97. The third-order valence-electron chi connectivity index (χ3n) is 1.70. The first kappa shape index (κ1) is 9.09. The Balaban J connectivity index is 2.22. The van der Waals surface area contributed by atoms with E-state index in [1.807, 2.05) is 6.07 Å². The lowest BCUT2D eigenvalue weighted by molar-refractivity contribution is 1.16. The van der Waals surface area contributed by atoms with Gasteiger partial charge in [-0.2, -0.15) is 5.26 Å². The van der Waals surface area contributed by atoms with Crippen LogP contribution in [0.1, 0.15) is 5.69 Å². The molecule has 5 heteroatoms. The molecule has 0 saturated carbocycles. The third kappa shape index (κ3) is 2.25. The summed E-state index contributed by atoms with van der Waals surface area (Å²) in [6, 6.07) is 7.15. The first-order valence-electron chi connectivity index (χ1n) is 4.27. The molecule has 0 aromatic carbocycles. The highest BCUT2D eigenvalue weighted by molar-refractivity contribution is 5.53. The Hall–Kier alpha value is -2.48. The Bertz CT molecular complexity index is 489. The molecule has 0 aliphatic carbocycles. The molecule has 0 aliphatic rings. The van der Waals surface area contributed by atoms with Crippen LogP contribution >= 0.6 is 0 Å². The molecule has 15 heavy (non-hydrogen) atoms. The summed E-state index contributed by atoms with van der Waals surface area (Å²) in [5, 5.41) is 11.7. The second kappa shape index (κ2) is 4.15. The smallest absolute Gasteiger partial charge is 0.142 e. The Labute approximate surface area is 86.5 Å². The van der Waals surface area contributed by atoms with Crippen molar-refractivity contribution >= 4 is 11.5 Å². The molecule has 0 amide bonds. The fourth-order valence-electron chi connectivity index (χ4n) is 1.08. The predicted molar refractivity (Wildman–Crippen MR) is 54.3 cm³/mol. The van der Waals surface area contributed by atoms with Gasteiger partial charge in [-0.25, -0.2) is 15.0 Å². The van der Waals surface area contributed by atoms with Crippen molar-refractivity contribution in [1.82, 2.24) is 15.0 Å². The number of hydrogen-bond acceptors (Lipinski definition) is 5. The van der Waals surface area contributed by atoms with Gasteiger partial charge in [-0.15, -0.1) is 0 Å². The van der Waals surface area contributed by atoms with Gasteiger partial charge >= 0.3 is 0 Å². The monoisotopic (exact) mass is 197 g/mol. The van der Waals surface area contributed by atoms with Gasteiger partial charge in [0.1, 0.15) is 23.9 Å². The van der Waals surface area contributed by atoms with Gasteiger partial charge in [-0.05, 0) is 12.1 Å². The molecule has 2 aromatic rings. The number of pyridine rings is 1. The molecule has 2 rings (SSSR count). The fraction of sp³-hybridized carbons (Fsp3) is 0. The maximum atomic E-state index is 8.66. The van der Waals surface area contributed by atoms with Gasteiger partial charge in [0.25, 0.3) is 0 Å². The number of nitriles is 1. The first-order chi connectivity index (χ1) is 7.38. The van der Waals surface area contributed by atoms with E-state index in [4.69, 9.17) is 5.26 Å². The zero-order valence-corrected chi connectivity index (χ0v) is 7.75. The molecule has 2 aromatic heterocycles. The van der Waals surface area contributed by atoms with Crippen molar-refractivity contribution in [2.24, 2.45) is 0 Å². The van der Waals surface area contributed by atoms with E-state index in [0.29, 0.717) is 11.5 Å². The Morgan fingerprint density at radius 3 is 2.73 bits per heavy atom. The minimum Gasteiger partial charge on any atom is -0.338 e. The van der Waals surface area contributed by atoms with Crippen molar-refractivity contribution in [3.05, 3.63) is 42.6 Å². The number of hydrogen-bond donors (Lipinski definition) is 1. The average molecular weight is 197 g/mol. The largest absolute Gasteiger partial charge is 0.338 e. The quantitative estimate of drug-likeness (QED) is 0.789. The van der Waals surface area contributed by atoms with Gasteiger partial charge in [-0.1, -0.05) is 6.07 Å². The van der Waals surface area contributed by atoms with Gasteiger partial charge in [0.15, 0.2) is 0 Å². The second-order valence-corrected chi connectivity index (χ2v) is 2.77. The molecule has 2 heterocycles. The summed E-state index contributed by atoms with van der Waals surface area (Å²) < 4.78 is 0. The van der Waals surface area contributed by atoms with Gasteiger partial charge in [0, 0.05) is 0 Å². The molecule has 0 bridgehead atoms. The minimum atomic E-state index is 0.372. The number of aromatic nitrogens is 3. The molecule has 0 saturated heterocycles. The van der Waals surface area contributed by atoms with Crippen LogP contribution in [-0.2, 0) is 0 Å². The lowest BCUT2D eigenvalue weighted by atomic mass is 10.3. The van der Waals surface area contributed by atoms with Crippen molar-refractivity contribution in [1.29, 1.82) is 5.26 Å². The molecule has 0 aliphatic heterocycles. The van der Waals surface area contributed by atoms with Crippen molar-refractivity contribution in [3.8, 4) is 6.07 Å². The van der Waals surface area contributed by atoms with E-state index in [-0.39, 0.29) is 0 Å². The SMILES string of the molecule is N#Cc1cccc(Nc2cncnc2)n1. The van der Waals surface area contributed by atoms with Crippen LogP contribution in [0, 0.1) is 11.3 Å². The lowest BCUT2D eigenvalue weighted by Gasteiger charge is -2.03. The predicted octanol–water partition coefficient (Wildman–Crippen LogP) is 1.49. The third-order valence-corrected chi connectivity index (χ3v) is 1.70. The summed E-state index contributed by atoms with van der Waals surface area (Å²) in [5.41, 5.74) is 1.11. The topological polar surface area (TPSA) is 74.5 Å². The van der Waals surface area contributed by atoms with E-state index >= 15 is 0 Å². The van der Waals surface area contributed by atoms with Crippen LogP contribution in [0.4, 0.5) is 11.5 Å². The summed E-state index contributed by atoms with van der Waals surface area (Å²) in [7, 11) is 0. The summed E-state index contributed by atoms with van der Waals surface area (Å²) >= 11 is 0. The fourth-order valence-corrected chi connectivity index (χ4v) is 1.08. The number of anilines is 2. The van der Waals surface area contributed by atoms with Crippen LogP contribution in [-0.4, -0.2) is 15.0 Å². The van der Waals surface area contributed by atoms with Crippen LogP contribution in [0.15, 0.2) is 36.9 Å². The zero-order chi connectivity index (χ0) is 10.5. The summed E-state index contributed by atoms with van der Waals surface area (Å²) in [6.07, 6.45) is 4.71. The zero-order valence-electron chi connectivity index (χ0n) is 7.75. The van der Waals surface area contributed by atoms with Crippen LogP contribution in [0.5, 0.6) is 0 Å². The Morgan fingerprint density at radius 2 is 2.00 bits per heavy atom. The lowest BCUT2D eigenvalue weighted by Crippen LogP contribution is -1.95. The van der Waals surface area contributed by atoms with E-state index in [2.05, 4.69) is 20.3 Å². The standard InChI is InChI=1S/C10H7N5/c11-4-8-2-1-3-10(14-8)15-9-5-12-7-13-6-9/h1-3,5-7H,(H,14,15). The number of nitrogens with zero attached hydrogens (tertiary/aromatic N) is 4. The van der Waals surface area contributed by atoms with Crippen LogP contribution in [0.3, 0.4) is 0 Å². The molecule has 0 radical (unpaired) electrons. The summed E-state index contributed by atoms with van der Waals surface area (Å²) in [4.78, 5) is 11.8. The van der Waals surface area contributed by atoms with E-state index in [1.165, 1.54) is 6.33 Å². The molecule has 72 valence electrons. The summed E-state index contributed by atoms with van der Waals surface area (Å²) in [5.74, 6) is 0.601. The molecule has 0 fully saturated rings. The highest BCUT2D eigenvalue weighted by Crippen LogP contribution is 2.11. The number of nitrogens with one attached hydrogen (secondary N) is 1. The van der Waals surface area contributed by atoms with E-state index in [0.717, 1.165) is 5.69 Å². The average Bonchev–Trinajstić information content (AvgIpc) is 2.31. The van der Waals surface area contributed by atoms with E-state index in [9.17, 15) is 0 Å². The molecule has 0 unspecified atom stereocenters. The molecular weight excluding hydrogens is 190 g/mol. The normalized spacial score (nSPS) is 9.27. The Kier molecular flexibility index (Phi) is 2.52. The second-order valence-electron chi connectivity index (χ2n) is 2.77. The van der Waals surface area contributed by atoms with Gasteiger partial charge in [0.2, 0.25) is 0 Å². The van der Waals surface area contributed by atoms with Gasteiger partial charge < -0.3 is 5.32 Å². The van der Waals surface area contributed by atoms with Crippen molar-refractivity contribution in [2.75, 3.05) is 5.32 Å². The minimum absolute atomic E-state index is 0.372. The summed E-state index contributed by atoms with van der Waals surface area (Å²) in [6.45, 7) is 0. The van der Waals surface area contributed by atoms with Crippen molar-refractivity contribution in [2.45, 2.75) is 0 Å². The Morgan fingerprint density at radius 1 is 1.20 bits per heavy atom. The van der Waals surface area contributed by atoms with Crippen LogP contribution in [0.25, 0.3) is 0 Å². The van der Waals surface area contributed by atoms with Crippen LogP contribution < -0.4 is 5.32 Å². The van der Waals surface area contributed by atoms with E-state index in [1.54, 1.807) is 30.6 Å². The molecule has 1 N–H and O–H groups in total. The van der Waals surface area contributed by atoms with E-state index < -0.39 is 0 Å². The first-order valence-corrected chi connectivity index (χ1v) is 4.27. The number of rotatable bonds is 2. The molecule has 5 nitrogen and oxygen atoms in total. The van der Waals surface area contributed by atoms with Gasteiger partial charge in [-0.3, -0.25) is 0 Å². The molecular formula is C10H7N5. The molecule has 0 spiro atoms. The maximum absolute atomic E-state index is 8.66. The van der Waals surface area contributed by atoms with Gasteiger partial charge in [0.05, 0.1) is 18.1 Å². The maximum Gasteiger partial charge on any atom is 0.142 e.